The van der Waals surface area contributed by atoms with E-state index < -0.39 is 0 Å². The molecule has 0 saturated heterocycles. The van der Waals surface area contributed by atoms with Crippen molar-refractivity contribution < 1.29 is 5.11 Å². The fourth-order valence-corrected chi connectivity index (χ4v) is 1.74. The van der Waals surface area contributed by atoms with Gasteiger partial charge in [0.1, 0.15) is 5.84 Å². The van der Waals surface area contributed by atoms with E-state index in [0.717, 1.165) is 10.7 Å². The molecule has 1 aromatic heterocycles. The minimum absolute atomic E-state index is 0.0429. The van der Waals surface area contributed by atoms with E-state index in [2.05, 4.69) is 4.98 Å². The summed E-state index contributed by atoms with van der Waals surface area (Å²) in [7, 11) is 0. The second-order valence-corrected chi connectivity index (χ2v) is 3.94. The van der Waals surface area contributed by atoms with Crippen LogP contribution in [0, 0.1) is 12.3 Å². The molecule has 14 heavy (non-hydrogen) atoms. The Labute approximate surface area is 87.1 Å². The predicted octanol–water partition coefficient (Wildman–Crippen LogP) is 0.758. The van der Waals surface area contributed by atoms with Crippen molar-refractivity contribution in [1.29, 1.82) is 5.41 Å². The first-order valence-electron chi connectivity index (χ1n) is 4.20. The summed E-state index contributed by atoms with van der Waals surface area (Å²) < 4.78 is 0. The number of nitrogen functional groups attached to an aromatic ring is 1. The van der Waals surface area contributed by atoms with Crippen LogP contribution in [0.3, 0.4) is 0 Å². The Hall–Kier alpha value is -1.07. The number of thioether (sulfide) groups is 1. The number of amidine groups is 1. The smallest absolute Gasteiger partial charge is 0.122 e. The van der Waals surface area contributed by atoms with E-state index in [4.69, 9.17) is 16.2 Å². The molecular formula is C9H13N3OS. The van der Waals surface area contributed by atoms with Crippen molar-refractivity contribution >= 4 is 17.6 Å². The lowest BCUT2D eigenvalue weighted by Crippen LogP contribution is -2.11. The lowest BCUT2D eigenvalue weighted by molar-refractivity contribution is 0.322. The third-order valence-electron chi connectivity index (χ3n) is 1.58. The molecule has 0 aromatic carbocycles. The maximum Gasteiger partial charge on any atom is 0.122 e. The van der Waals surface area contributed by atoms with E-state index in [-0.39, 0.29) is 12.4 Å². The van der Waals surface area contributed by atoms with Crippen LogP contribution >= 0.6 is 11.8 Å². The highest BCUT2D eigenvalue weighted by molar-refractivity contribution is 7.99. The van der Waals surface area contributed by atoms with Crippen molar-refractivity contribution in [3.8, 4) is 0 Å². The van der Waals surface area contributed by atoms with Crippen LogP contribution in [0.4, 0.5) is 0 Å². The van der Waals surface area contributed by atoms with E-state index in [1.807, 2.05) is 6.92 Å². The van der Waals surface area contributed by atoms with Crippen LogP contribution in [0.2, 0.25) is 0 Å². The van der Waals surface area contributed by atoms with Crippen LogP contribution in [0.25, 0.3) is 0 Å². The molecule has 0 aliphatic rings. The number of aliphatic hydroxyl groups excluding tert-OH is 1. The van der Waals surface area contributed by atoms with Crippen molar-refractivity contribution in [2.24, 2.45) is 5.73 Å². The Kier molecular flexibility index (Phi) is 3.91. The molecule has 0 saturated carbocycles. The van der Waals surface area contributed by atoms with Gasteiger partial charge in [0.2, 0.25) is 0 Å². The van der Waals surface area contributed by atoms with E-state index in [1.54, 1.807) is 12.1 Å². The predicted molar refractivity (Wildman–Crippen MR) is 57.8 cm³/mol. The molecule has 0 fully saturated rings. The van der Waals surface area contributed by atoms with Crippen LogP contribution in [0.5, 0.6) is 0 Å². The summed E-state index contributed by atoms with van der Waals surface area (Å²) in [4.78, 5) is 4.25. The molecule has 4 N–H and O–H groups in total. The first-order chi connectivity index (χ1) is 6.63. The second-order valence-electron chi connectivity index (χ2n) is 2.82. The Morgan fingerprint density at radius 2 is 2.36 bits per heavy atom. The first kappa shape index (κ1) is 11.0. The highest BCUT2D eigenvalue weighted by Crippen LogP contribution is 2.17. The van der Waals surface area contributed by atoms with Crippen molar-refractivity contribution in [2.45, 2.75) is 11.9 Å². The summed E-state index contributed by atoms with van der Waals surface area (Å²) in [5.41, 5.74) is 6.89. The van der Waals surface area contributed by atoms with Gasteiger partial charge in [-0.25, -0.2) is 4.98 Å². The molecule has 1 heterocycles. The third-order valence-corrected chi connectivity index (χ3v) is 2.47. The number of aryl methyl sites for hydroxylation is 1. The monoisotopic (exact) mass is 211 g/mol. The number of hydrogen-bond donors (Lipinski definition) is 3. The second kappa shape index (κ2) is 4.97. The Balaban J connectivity index is 2.89. The van der Waals surface area contributed by atoms with E-state index in [0.29, 0.717) is 11.3 Å². The zero-order valence-electron chi connectivity index (χ0n) is 7.95. The summed E-state index contributed by atoms with van der Waals surface area (Å²) in [6, 6.07) is 3.53. The van der Waals surface area contributed by atoms with Gasteiger partial charge in [0, 0.05) is 17.0 Å². The van der Waals surface area contributed by atoms with Gasteiger partial charge in [0.05, 0.1) is 11.6 Å². The van der Waals surface area contributed by atoms with E-state index >= 15 is 0 Å². The standard InChI is InChI=1S/C9H13N3OS/c1-6-4-7(9(10)11)5-8(12-6)14-3-2-13/h4-5,13H,2-3H2,1H3,(H3,10,11). The molecule has 5 heteroatoms. The summed E-state index contributed by atoms with van der Waals surface area (Å²) in [6.07, 6.45) is 0. The van der Waals surface area contributed by atoms with Crippen molar-refractivity contribution in [3.63, 3.8) is 0 Å². The van der Waals surface area contributed by atoms with Gasteiger partial charge in [-0.3, -0.25) is 5.41 Å². The maximum absolute atomic E-state index is 8.66. The number of nitrogens with one attached hydrogen (secondary N) is 1. The fourth-order valence-electron chi connectivity index (χ4n) is 1.02. The molecule has 1 aromatic rings. The van der Waals surface area contributed by atoms with E-state index in [9.17, 15) is 0 Å². The van der Waals surface area contributed by atoms with Crippen molar-refractivity contribution in [1.82, 2.24) is 4.98 Å². The molecule has 76 valence electrons. The van der Waals surface area contributed by atoms with Gasteiger partial charge in [-0.05, 0) is 19.1 Å². The average Bonchev–Trinajstić information content (AvgIpc) is 2.14. The van der Waals surface area contributed by atoms with Gasteiger partial charge in [-0.2, -0.15) is 0 Å². The summed E-state index contributed by atoms with van der Waals surface area (Å²) in [5.74, 6) is 0.648. The van der Waals surface area contributed by atoms with Crippen LogP contribution in [-0.2, 0) is 0 Å². The van der Waals surface area contributed by atoms with Gasteiger partial charge in [-0.15, -0.1) is 11.8 Å². The number of nitrogens with zero attached hydrogens (tertiary/aromatic N) is 1. The fraction of sp³-hybridized carbons (Fsp3) is 0.333. The third kappa shape index (κ3) is 3.01. The highest BCUT2D eigenvalue weighted by atomic mass is 32.2. The summed E-state index contributed by atoms with van der Waals surface area (Å²) in [5, 5.41) is 16.8. The first-order valence-corrected chi connectivity index (χ1v) is 5.19. The van der Waals surface area contributed by atoms with Crippen LogP contribution in [0.1, 0.15) is 11.3 Å². The number of aromatic nitrogens is 1. The minimum atomic E-state index is 0.0429. The van der Waals surface area contributed by atoms with Gasteiger partial charge in [0.15, 0.2) is 0 Å². The average molecular weight is 211 g/mol. The molecule has 4 nitrogen and oxygen atoms in total. The largest absolute Gasteiger partial charge is 0.396 e. The van der Waals surface area contributed by atoms with Crippen molar-refractivity contribution in [3.05, 3.63) is 23.4 Å². The SMILES string of the molecule is Cc1cc(C(=N)N)cc(SCCO)n1. The number of pyridine rings is 1. The number of nitrogens with two attached hydrogens (primary N) is 1. The Bertz CT molecular complexity index is 341. The molecule has 0 amide bonds. The molecule has 0 atom stereocenters. The van der Waals surface area contributed by atoms with Gasteiger partial charge < -0.3 is 10.8 Å². The van der Waals surface area contributed by atoms with Crippen LogP contribution < -0.4 is 5.73 Å². The molecule has 0 aliphatic carbocycles. The molecule has 0 radical (unpaired) electrons. The molecule has 0 aliphatic heterocycles. The number of hydrogen-bond acceptors (Lipinski definition) is 4. The Morgan fingerprint density at radius 1 is 1.64 bits per heavy atom. The lowest BCUT2D eigenvalue weighted by atomic mass is 10.2. The topological polar surface area (TPSA) is 83.0 Å². The minimum Gasteiger partial charge on any atom is -0.396 e. The molecule has 0 bridgehead atoms. The number of aliphatic hydroxyl groups is 1. The van der Waals surface area contributed by atoms with Gasteiger partial charge in [0.25, 0.3) is 0 Å². The van der Waals surface area contributed by atoms with Gasteiger partial charge >= 0.3 is 0 Å². The van der Waals surface area contributed by atoms with Gasteiger partial charge in [-0.1, -0.05) is 0 Å². The number of rotatable bonds is 4. The zero-order valence-corrected chi connectivity index (χ0v) is 8.77. The molecular weight excluding hydrogens is 198 g/mol. The highest BCUT2D eigenvalue weighted by Gasteiger charge is 2.02. The molecule has 0 spiro atoms. The summed E-state index contributed by atoms with van der Waals surface area (Å²) >= 11 is 1.45. The maximum atomic E-state index is 8.66. The lowest BCUT2D eigenvalue weighted by Gasteiger charge is -2.04. The van der Waals surface area contributed by atoms with Crippen LogP contribution in [0.15, 0.2) is 17.2 Å². The van der Waals surface area contributed by atoms with Crippen LogP contribution in [-0.4, -0.2) is 28.3 Å². The van der Waals surface area contributed by atoms with E-state index in [1.165, 1.54) is 11.8 Å². The molecule has 0 unspecified atom stereocenters. The molecule has 1 rings (SSSR count). The summed E-state index contributed by atoms with van der Waals surface area (Å²) in [6.45, 7) is 1.98. The van der Waals surface area contributed by atoms with Crippen molar-refractivity contribution in [2.75, 3.05) is 12.4 Å². The zero-order chi connectivity index (χ0) is 10.6. The Morgan fingerprint density at radius 3 is 2.93 bits per heavy atom. The normalized spacial score (nSPS) is 10.1. The quantitative estimate of drug-likeness (QED) is 0.390.